The van der Waals surface area contributed by atoms with Crippen LogP contribution in [0.15, 0.2) is 18.2 Å². The van der Waals surface area contributed by atoms with Crippen LogP contribution in [0.1, 0.15) is 60.3 Å². The Morgan fingerprint density at radius 1 is 1.24 bits per heavy atom. The van der Waals surface area contributed by atoms with Gasteiger partial charge in [0.15, 0.2) is 5.60 Å². The Labute approximate surface area is 226 Å². The first-order valence-corrected chi connectivity index (χ1v) is 14.0. The summed E-state index contributed by atoms with van der Waals surface area (Å²) in [6.07, 6.45) is 3.24. The van der Waals surface area contributed by atoms with Crippen LogP contribution in [-0.4, -0.2) is 68.8 Å². The van der Waals surface area contributed by atoms with Crippen molar-refractivity contribution in [3.8, 4) is 5.75 Å². The molecule has 3 aliphatic rings. The molecule has 2 heterocycles. The number of amides is 3. The zero-order valence-corrected chi connectivity index (χ0v) is 23.7. The van der Waals surface area contributed by atoms with Crippen molar-refractivity contribution < 1.29 is 23.9 Å². The van der Waals surface area contributed by atoms with Crippen LogP contribution in [-0.2, 0) is 19.1 Å². The van der Waals surface area contributed by atoms with Gasteiger partial charge in [-0.05, 0) is 70.6 Å². The summed E-state index contributed by atoms with van der Waals surface area (Å²) in [5.74, 6) is 0.358. The van der Waals surface area contributed by atoms with Crippen molar-refractivity contribution in [1.82, 2.24) is 10.6 Å². The number of carbonyl (C=O) groups excluding carboxylic acids is 3. The van der Waals surface area contributed by atoms with E-state index >= 15 is 0 Å². The molecule has 3 amide bonds. The van der Waals surface area contributed by atoms with Crippen molar-refractivity contribution in [1.29, 1.82) is 0 Å². The highest BCUT2D eigenvalue weighted by Crippen LogP contribution is 2.42. The fourth-order valence-corrected chi connectivity index (χ4v) is 5.53. The van der Waals surface area contributed by atoms with Gasteiger partial charge < -0.3 is 29.9 Å². The number of likely N-dealkylation sites (N-methyl/N-ethyl adjacent to an activating group) is 1. The first kappa shape index (κ1) is 28.4. The van der Waals surface area contributed by atoms with E-state index in [0.29, 0.717) is 50.1 Å². The van der Waals surface area contributed by atoms with E-state index in [1.807, 2.05) is 30.0 Å². The fraction of sp³-hybridized carbons (Fsp3) is 0.690. The number of nitrogens with zero attached hydrogens (tertiary/aromatic N) is 2. The van der Waals surface area contributed by atoms with Gasteiger partial charge in [0.2, 0.25) is 11.8 Å². The molecule has 38 heavy (non-hydrogen) atoms. The van der Waals surface area contributed by atoms with Crippen molar-refractivity contribution >= 4 is 29.1 Å². The third-order valence-electron chi connectivity index (χ3n) is 7.61. The van der Waals surface area contributed by atoms with Crippen molar-refractivity contribution in [2.45, 2.75) is 78.0 Å². The molecule has 4 rings (SSSR count). The topological polar surface area (TPSA) is 100 Å². The van der Waals surface area contributed by atoms with Crippen molar-refractivity contribution in [2.24, 2.45) is 17.8 Å². The van der Waals surface area contributed by atoms with Crippen LogP contribution >= 0.6 is 0 Å². The number of piperidine rings is 1. The normalized spacial score (nSPS) is 23.4. The highest BCUT2D eigenvalue weighted by Gasteiger charge is 2.42. The number of rotatable bonds is 10. The van der Waals surface area contributed by atoms with Gasteiger partial charge in [-0.15, -0.1) is 0 Å². The Morgan fingerprint density at radius 2 is 1.95 bits per heavy atom. The molecule has 0 bridgehead atoms. The molecule has 210 valence electrons. The summed E-state index contributed by atoms with van der Waals surface area (Å²) >= 11 is 0. The SMILES string of the molecule is CCOCC(CC(C)C)NC(=O)[C@@H]1CNC[C@H](C(=O)N(c2ccc3c(c2)N(C)C(=O)C(C)(C)O3)C2CC2)C1. The van der Waals surface area contributed by atoms with E-state index in [4.69, 9.17) is 9.47 Å². The quantitative estimate of drug-likeness (QED) is 0.484. The molecule has 0 aromatic heterocycles. The lowest BCUT2D eigenvalue weighted by atomic mass is 9.88. The standard InChI is InChI=1S/C29H44N4O5/c1-7-37-17-21(12-18(2)3)31-26(34)19-13-20(16-30-15-19)27(35)33(22-8-9-22)23-10-11-25-24(14-23)32(6)28(36)29(4,5)38-25/h10-11,14,18-22,30H,7-9,12-13,15-17H2,1-6H3,(H,31,34)/t19-,20+,21?/m0/s1. The zero-order valence-electron chi connectivity index (χ0n) is 23.7. The fourth-order valence-electron chi connectivity index (χ4n) is 5.53. The monoisotopic (exact) mass is 528 g/mol. The maximum absolute atomic E-state index is 13.9. The summed E-state index contributed by atoms with van der Waals surface area (Å²) < 4.78 is 11.6. The highest BCUT2D eigenvalue weighted by atomic mass is 16.5. The summed E-state index contributed by atoms with van der Waals surface area (Å²) in [6, 6.07) is 5.73. The van der Waals surface area contributed by atoms with Gasteiger partial charge in [0.1, 0.15) is 5.75 Å². The van der Waals surface area contributed by atoms with Gasteiger partial charge in [0, 0.05) is 38.5 Å². The number of ether oxygens (including phenoxy) is 2. The molecule has 1 saturated carbocycles. The van der Waals surface area contributed by atoms with Crippen molar-refractivity contribution in [3.05, 3.63) is 18.2 Å². The van der Waals surface area contributed by atoms with Gasteiger partial charge in [-0.2, -0.15) is 0 Å². The molecule has 1 unspecified atom stereocenters. The lowest BCUT2D eigenvalue weighted by molar-refractivity contribution is -0.132. The molecule has 1 saturated heterocycles. The van der Waals surface area contributed by atoms with E-state index < -0.39 is 5.60 Å². The minimum absolute atomic E-state index is 0.0213. The summed E-state index contributed by atoms with van der Waals surface area (Å²) in [5, 5.41) is 6.51. The maximum atomic E-state index is 13.9. The number of anilines is 2. The van der Waals surface area contributed by atoms with Crippen LogP contribution in [0.25, 0.3) is 0 Å². The predicted octanol–water partition coefficient (Wildman–Crippen LogP) is 3.11. The van der Waals surface area contributed by atoms with Crippen LogP contribution in [0.3, 0.4) is 0 Å². The molecule has 1 aromatic rings. The molecule has 1 aromatic carbocycles. The molecule has 2 fully saturated rings. The molecule has 9 heteroatoms. The van der Waals surface area contributed by atoms with Gasteiger partial charge in [0.25, 0.3) is 5.91 Å². The number of carbonyl (C=O) groups is 3. The van der Waals surface area contributed by atoms with Gasteiger partial charge in [-0.1, -0.05) is 13.8 Å². The first-order chi connectivity index (χ1) is 18.0. The Bertz CT molecular complexity index is 1040. The summed E-state index contributed by atoms with van der Waals surface area (Å²) in [5.41, 5.74) is 0.490. The molecule has 3 atom stereocenters. The van der Waals surface area contributed by atoms with E-state index in [1.165, 1.54) is 0 Å². The molecule has 1 aliphatic carbocycles. The smallest absolute Gasteiger partial charge is 0.270 e. The summed E-state index contributed by atoms with van der Waals surface area (Å²) in [6.45, 7) is 11.9. The summed E-state index contributed by atoms with van der Waals surface area (Å²) in [7, 11) is 1.74. The van der Waals surface area contributed by atoms with E-state index in [-0.39, 0.29) is 41.6 Å². The number of fused-ring (bicyclic) bond motifs is 1. The van der Waals surface area contributed by atoms with E-state index in [1.54, 1.807) is 25.8 Å². The van der Waals surface area contributed by atoms with Crippen molar-refractivity contribution in [2.75, 3.05) is 43.2 Å². The average Bonchev–Trinajstić information content (AvgIpc) is 3.71. The second-order valence-electron chi connectivity index (χ2n) is 11.9. The molecule has 2 aliphatic heterocycles. The highest BCUT2D eigenvalue weighted by molar-refractivity contribution is 6.03. The molecule has 2 N–H and O–H groups in total. The first-order valence-electron chi connectivity index (χ1n) is 14.0. The summed E-state index contributed by atoms with van der Waals surface area (Å²) in [4.78, 5) is 43.4. The van der Waals surface area contributed by atoms with Crippen LogP contribution in [0.5, 0.6) is 5.75 Å². The molecule has 9 nitrogen and oxygen atoms in total. The Morgan fingerprint density at radius 3 is 2.61 bits per heavy atom. The van der Waals surface area contributed by atoms with Crippen molar-refractivity contribution in [3.63, 3.8) is 0 Å². The number of hydrogen-bond donors (Lipinski definition) is 2. The minimum Gasteiger partial charge on any atom is -0.476 e. The predicted molar refractivity (Wildman–Crippen MR) is 147 cm³/mol. The number of benzene rings is 1. The van der Waals surface area contributed by atoms with E-state index in [9.17, 15) is 14.4 Å². The van der Waals surface area contributed by atoms with E-state index in [2.05, 4.69) is 24.5 Å². The Hall–Kier alpha value is -2.65. The zero-order chi connectivity index (χ0) is 27.6. The minimum atomic E-state index is -0.935. The van der Waals surface area contributed by atoms with Crippen LogP contribution in [0.2, 0.25) is 0 Å². The van der Waals surface area contributed by atoms with Gasteiger partial charge >= 0.3 is 0 Å². The molecular weight excluding hydrogens is 484 g/mol. The lowest BCUT2D eigenvalue weighted by Gasteiger charge is -2.38. The van der Waals surface area contributed by atoms with E-state index in [0.717, 1.165) is 24.9 Å². The molecule has 0 radical (unpaired) electrons. The second kappa shape index (κ2) is 11.6. The average molecular weight is 529 g/mol. The van der Waals surface area contributed by atoms with Gasteiger partial charge in [-0.3, -0.25) is 14.4 Å². The number of hydrogen-bond acceptors (Lipinski definition) is 6. The van der Waals surface area contributed by atoms with Crippen LogP contribution in [0.4, 0.5) is 11.4 Å². The second-order valence-corrected chi connectivity index (χ2v) is 11.9. The van der Waals surface area contributed by atoms with Crippen LogP contribution < -0.4 is 25.2 Å². The lowest BCUT2D eigenvalue weighted by Crippen LogP contribution is -2.52. The third-order valence-corrected chi connectivity index (χ3v) is 7.61. The van der Waals surface area contributed by atoms with Gasteiger partial charge in [-0.25, -0.2) is 0 Å². The maximum Gasteiger partial charge on any atom is 0.270 e. The third kappa shape index (κ3) is 6.31. The Balaban J connectivity index is 1.48. The molecular formula is C29H44N4O5. The Kier molecular flexibility index (Phi) is 8.67. The molecule has 0 spiro atoms. The largest absolute Gasteiger partial charge is 0.476 e. The number of nitrogens with one attached hydrogen (secondary N) is 2. The van der Waals surface area contributed by atoms with Gasteiger partial charge in [0.05, 0.1) is 30.2 Å². The van der Waals surface area contributed by atoms with Crippen LogP contribution in [0, 0.1) is 17.8 Å².